The van der Waals surface area contributed by atoms with Crippen molar-refractivity contribution in [2.24, 2.45) is 0 Å². The summed E-state index contributed by atoms with van der Waals surface area (Å²) in [6, 6.07) is 8.51. The number of nitrogens with one attached hydrogen (secondary N) is 1. The van der Waals surface area contributed by atoms with Gasteiger partial charge in [0.1, 0.15) is 0 Å². The molecule has 0 unspecified atom stereocenters. The van der Waals surface area contributed by atoms with Crippen LogP contribution in [0.25, 0.3) is 0 Å². The van der Waals surface area contributed by atoms with Crippen molar-refractivity contribution in [3.63, 3.8) is 0 Å². The molecular weight excluding hydrogens is 262 g/mol. The Balaban J connectivity index is 1.88. The van der Waals surface area contributed by atoms with Gasteiger partial charge in [0.25, 0.3) is 0 Å². The largest absolute Gasteiger partial charge is 0.394 e. The Morgan fingerprint density at radius 3 is 2.67 bits per heavy atom. The second kappa shape index (κ2) is 7.38. The number of aliphatic hydroxyl groups is 1. The summed E-state index contributed by atoms with van der Waals surface area (Å²) in [6.45, 7) is 8.72. The monoisotopic (exact) mass is 287 g/mol. The lowest BCUT2D eigenvalue weighted by Gasteiger charge is -2.08. The third-order valence-electron chi connectivity index (χ3n) is 3.98. The molecule has 0 saturated heterocycles. The Labute approximate surface area is 126 Å². The van der Waals surface area contributed by atoms with Gasteiger partial charge >= 0.3 is 0 Å². The van der Waals surface area contributed by atoms with Gasteiger partial charge in [-0.25, -0.2) is 0 Å². The molecule has 1 heterocycles. The molecule has 4 heteroatoms. The van der Waals surface area contributed by atoms with Gasteiger partial charge in [-0.15, -0.1) is 0 Å². The van der Waals surface area contributed by atoms with Crippen LogP contribution in [0.3, 0.4) is 0 Å². The molecule has 2 N–H and O–H groups in total. The lowest BCUT2D eigenvalue weighted by Crippen LogP contribution is -2.18. The average Bonchev–Trinajstić information content (AvgIpc) is 2.73. The van der Waals surface area contributed by atoms with E-state index in [0.717, 1.165) is 30.9 Å². The fourth-order valence-corrected chi connectivity index (χ4v) is 2.63. The number of rotatable bonds is 7. The highest BCUT2D eigenvalue weighted by molar-refractivity contribution is 5.26. The van der Waals surface area contributed by atoms with Gasteiger partial charge in [-0.3, -0.25) is 4.68 Å². The number of aryl methyl sites for hydroxylation is 2. The number of aromatic nitrogens is 2. The van der Waals surface area contributed by atoms with Gasteiger partial charge in [0.05, 0.1) is 18.8 Å². The van der Waals surface area contributed by atoms with E-state index in [0.29, 0.717) is 6.54 Å². The summed E-state index contributed by atoms with van der Waals surface area (Å²) in [6.07, 6.45) is 1.04. The van der Waals surface area contributed by atoms with Crippen LogP contribution in [0.5, 0.6) is 0 Å². The van der Waals surface area contributed by atoms with Gasteiger partial charge in [-0.05, 0) is 44.9 Å². The predicted molar refractivity (Wildman–Crippen MR) is 85.4 cm³/mol. The Kier molecular flexibility index (Phi) is 5.53. The van der Waals surface area contributed by atoms with Gasteiger partial charge in [0, 0.05) is 17.8 Å². The number of benzene rings is 1. The molecule has 1 aromatic carbocycles. The number of nitrogens with zero attached hydrogens (tertiary/aromatic N) is 2. The van der Waals surface area contributed by atoms with E-state index in [9.17, 15) is 0 Å². The van der Waals surface area contributed by atoms with Crippen LogP contribution in [0.15, 0.2) is 24.3 Å². The normalized spacial score (nSPS) is 11.0. The van der Waals surface area contributed by atoms with Crippen LogP contribution in [0.1, 0.15) is 28.1 Å². The quantitative estimate of drug-likeness (QED) is 0.767. The first-order valence-corrected chi connectivity index (χ1v) is 7.52. The first-order valence-electron chi connectivity index (χ1n) is 7.52. The minimum atomic E-state index is 0.127. The number of hydrogen-bond donors (Lipinski definition) is 2. The molecule has 21 heavy (non-hydrogen) atoms. The van der Waals surface area contributed by atoms with Crippen molar-refractivity contribution in [1.29, 1.82) is 0 Å². The molecule has 1 aromatic heterocycles. The fraction of sp³-hybridized carbons (Fsp3) is 0.471. The van der Waals surface area contributed by atoms with E-state index in [2.05, 4.69) is 48.5 Å². The molecule has 4 nitrogen and oxygen atoms in total. The first-order chi connectivity index (χ1) is 10.1. The molecule has 0 fully saturated rings. The molecule has 0 bridgehead atoms. The van der Waals surface area contributed by atoms with Gasteiger partial charge in [0.2, 0.25) is 0 Å². The van der Waals surface area contributed by atoms with E-state index in [1.807, 2.05) is 11.6 Å². The number of hydrogen-bond acceptors (Lipinski definition) is 3. The van der Waals surface area contributed by atoms with E-state index < -0.39 is 0 Å². The summed E-state index contributed by atoms with van der Waals surface area (Å²) in [5, 5.41) is 17.0. The Morgan fingerprint density at radius 1 is 1.19 bits per heavy atom. The second-order valence-electron chi connectivity index (χ2n) is 5.45. The Bertz CT molecular complexity index is 590. The number of aliphatic hydroxyl groups excluding tert-OH is 1. The molecule has 2 aromatic rings. The summed E-state index contributed by atoms with van der Waals surface area (Å²) < 4.78 is 1.88. The van der Waals surface area contributed by atoms with Gasteiger partial charge in [-0.1, -0.05) is 24.3 Å². The molecule has 0 aliphatic heterocycles. The van der Waals surface area contributed by atoms with Crippen LogP contribution in [-0.2, 0) is 19.5 Å². The highest BCUT2D eigenvalue weighted by Crippen LogP contribution is 2.13. The van der Waals surface area contributed by atoms with E-state index in [4.69, 9.17) is 5.11 Å². The third kappa shape index (κ3) is 3.93. The fourth-order valence-electron chi connectivity index (χ4n) is 2.63. The van der Waals surface area contributed by atoms with Crippen LogP contribution in [-0.4, -0.2) is 28.0 Å². The van der Waals surface area contributed by atoms with Crippen molar-refractivity contribution < 1.29 is 5.11 Å². The molecular formula is C17H25N3O. The molecule has 0 aliphatic rings. The summed E-state index contributed by atoms with van der Waals surface area (Å²) in [5.74, 6) is 0. The van der Waals surface area contributed by atoms with E-state index >= 15 is 0 Å². The minimum Gasteiger partial charge on any atom is -0.394 e. The zero-order valence-corrected chi connectivity index (χ0v) is 13.2. The van der Waals surface area contributed by atoms with Crippen LogP contribution in [0, 0.1) is 20.8 Å². The van der Waals surface area contributed by atoms with E-state index in [-0.39, 0.29) is 6.61 Å². The standard InChI is InChI=1S/C17H25N3O/c1-13-6-4-5-7-16(13)8-9-18-12-17-14(2)19-20(10-11-21)15(17)3/h4-7,18,21H,8-12H2,1-3H3. The van der Waals surface area contributed by atoms with Crippen LogP contribution in [0.2, 0.25) is 0 Å². The SMILES string of the molecule is Cc1ccccc1CCNCc1c(C)nn(CCO)c1C. The summed E-state index contributed by atoms with van der Waals surface area (Å²) in [7, 11) is 0. The highest BCUT2D eigenvalue weighted by Gasteiger charge is 2.10. The summed E-state index contributed by atoms with van der Waals surface area (Å²) >= 11 is 0. The molecule has 0 radical (unpaired) electrons. The van der Waals surface area contributed by atoms with Crippen LogP contribution in [0.4, 0.5) is 0 Å². The summed E-state index contributed by atoms with van der Waals surface area (Å²) in [4.78, 5) is 0. The molecule has 0 spiro atoms. The maximum atomic E-state index is 9.03. The van der Waals surface area contributed by atoms with Crippen LogP contribution < -0.4 is 5.32 Å². The van der Waals surface area contributed by atoms with Crippen molar-refractivity contribution in [3.05, 3.63) is 52.3 Å². The molecule has 0 saturated carbocycles. The smallest absolute Gasteiger partial charge is 0.0644 e. The maximum absolute atomic E-state index is 9.03. The lowest BCUT2D eigenvalue weighted by atomic mass is 10.1. The van der Waals surface area contributed by atoms with Gasteiger partial charge in [0.15, 0.2) is 0 Å². The average molecular weight is 287 g/mol. The Morgan fingerprint density at radius 2 is 1.95 bits per heavy atom. The zero-order valence-electron chi connectivity index (χ0n) is 13.2. The summed E-state index contributed by atoms with van der Waals surface area (Å²) in [5.41, 5.74) is 6.18. The zero-order chi connectivity index (χ0) is 15.2. The molecule has 0 aliphatic carbocycles. The lowest BCUT2D eigenvalue weighted by molar-refractivity contribution is 0.267. The van der Waals surface area contributed by atoms with Gasteiger partial charge in [-0.2, -0.15) is 5.10 Å². The van der Waals surface area contributed by atoms with Crippen molar-refractivity contribution >= 4 is 0 Å². The topological polar surface area (TPSA) is 50.1 Å². The van der Waals surface area contributed by atoms with Crippen LogP contribution >= 0.6 is 0 Å². The van der Waals surface area contributed by atoms with Gasteiger partial charge < -0.3 is 10.4 Å². The maximum Gasteiger partial charge on any atom is 0.0644 e. The Hall–Kier alpha value is -1.65. The van der Waals surface area contributed by atoms with Crippen molar-refractivity contribution in [2.45, 2.75) is 40.3 Å². The predicted octanol–water partition coefficient (Wildman–Crippen LogP) is 2.13. The molecule has 0 amide bonds. The molecule has 114 valence electrons. The minimum absolute atomic E-state index is 0.127. The highest BCUT2D eigenvalue weighted by atomic mass is 16.3. The van der Waals surface area contributed by atoms with Crippen molar-refractivity contribution in [2.75, 3.05) is 13.2 Å². The van der Waals surface area contributed by atoms with Crippen molar-refractivity contribution in [3.8, 4) is 0 Å². The first kappa shape index (κ1) is 15.7. The van der Waals surface area contributed by atoms with Crippen molar-refractivity contribution in [1.82, 2.24) is 15.1 Å². The third-order valence-corrected chi connectivity index (χ3v) is 3.98. The van der Waals surface area contributed by atoms with E-state index in [1.54, 1.807) is 0 Å². The van der Waals surface area contributed by atoms with E-state index in [1.165, 1.54) is 16.7 Å². The molecule has 2 rings (SSSR count). The molecule has 0 atom stereocenters. The second-order valence-corrected chi connectivity index (χ2v) is 5.45.